The molecule has 57 valence electrons. The number of ether oxygens (including phenoxy) is 1. The van der Waals surface area contributed by atoms with Crippen LogP contribution in [0.5, 0.6) is 5.75 Å². The average molecular weight is 168 g/mol. The van der Waals surface area contributed by atoms with Crippen LogP contribution in [0.3, 0.4) is 0 Å². The van der Waals surface area contributed by atoms with Gasteiger partial charge in [0, 0.05) is 6.42 Å². The summed E-state index contributed by atoms with van der Waals surface area (Å²) in [5, 5.41) is 0.673. The molecule has 1 atom stereocenters. The van der Waals surface area contributed by atoms with Crippen molar-refractivity contribution in [1.29, 1.82) is 0 Å². The maximum Gasteiger partial charge on any atom is 0.141 e. The van der Waals surface area contributed by atoms with Gasteiger partial charge in [-0.2, -0.15) is 0 Å². The monoisotopic (exact) mass is 167 g/mol. The lowest BCUT2D eigenvalue weighted by molar-refractivity contribution is 0.255. The van der Waals surface area contributed by atoms with Gasteiger partial charge in [0.05, 0.1) is 5.02 Å². The normalized spacial score (nSPS) is 21.1. The molecule has 1 aromatic rings. The highest BCUT2D eigenvalue weighted by Gasteiger charge is 2.20. The van der Waals surface area contributed by atoms with E-state index in [4.69, 9.17) is 16.3 Å². The van der Waals surface area contributed by atoms with Crippen LogP contribution in [-0.2, 0) is 6.42 Å². The standard InChI is InChI=1S/C9H8ClO/c1-6-5-7-3-2-4-8(10)9(7)11-6/h3-4,6H,5H2,1H3. The van der Waals surface area contributed by atoms with E-state index in [9.17, 15) is 0 Å². The highest BCUT2D eigenvalue weighted by molar-refractivity contribution is 6.32. The lowest BCUT2D eigenvalue weighted by Crippen LogP contribution is -2.05. The molecule has 1 radical (unpaired) electrons. The quantitative estimate of drug-likeness (QED) is 0.577. The number of halogens is 1. The van der Waals surface area contributed by atoms with Crippen LogP contribution in [0.25, 0.3) is 0 Å². The van der Waals surface area contributed by atoms with Gasteiger partial charge in [-0.3, -0.25) is 0 Å². The van der Waals surface area contributed by atoms with Gasteiger partial charge in [0.1, 0.15) is 11.9 Å². The molecule has 1 heterocycles. The summed E-state index contributed by atoms with van der Waals surface area (Å²) in [6, 6.07) is 6.64. The molecule has 2 heteroatoms. The first-order valence-corrected chi connectivity index (χ1v) is 4.00. The van der Waals surface area contributed by atoms with Crippen molar-refractivity contribution < 1.29 is 4.74 Å². The Hall–Kier alpha value is -0.690. The van der Waals surface area contributed by atoms with Crippen LogP contribution >= 0.6 is 11.6 Å². The molecule has 1 nitrogen and oxygen atoms in total. The SMILES string of the molecule is CC1Cc2c[c]cc(Cl)c2O1. The van der Waals surface area contributed by atoms with Crippen molar-refractivity contribution in [3.05, 3.63) is 28.8 Å². The van der Waals surface area contributed by atoms with Crippen molar-refractivity contribution in [3.8, 4) is 5.75 Å². The first-order chi connectivity index (χ1) is 5.27. The minimum absolute atomic E-state index is 0.262. The zero-order chi connectivity index (χ0) is 7.84. The van der Waals surface area contributed by atoms with Crippen molar-refractivity contribution in [2.24, 2.45) is 0 Å². The van der Waals surface area contributed by atoms with Crippen molar-refractivity contribution >= 4 is 11.6 Å². The van der Waals surface area contributed by atoms with E-state index in [2.05, 4.69) is 6.07 Å². The summed E-state index contributed by atoms with van der Waals surface area (Å²) in [5.41, 5.74) is 1.17. The van der Waals surface area contributed by atoms with E-state index < -0.39 is 0 Å². The van der Waals surface area contributed by atoms with Gasteiger partial charge in [0.25, 0.3) is 0 Å². The number of hydrogen-bond donors (Lipinski definition) is 0. The van der Waals surface area contributed by atoms with Crippen LogP contribution < -0.4 is 4.74 Å². The summed E-state index contributed by atoms with van der Waals surface area (Å²) in [5.74, 6) is 0.845. The van der Waals surface area contributed by atoms with Crippen LogP contribution in [0.4, 0.5) is 0 Å². The molecule has 0 saturated heterocycles. The topological polar surface area (TPSA) is 9.23 Å². The van der Waals surface area contributed by atoms with Crippen molar-refractivity contribution in [2.75, 3.05) is 0 Å². The smallest absolute Gasteiger partial charge is 0.141 e. The van der Waals surface area contributed by atoms with E-state index in [1.807, 2.05) is 13.0 Å². The number of rotatable bonds is 0. The molecule has 0 amide bonds. The fourth-order valence-electron chi connectivity index (χ4n) is 1.34. The molecule has 1 unspecified atom stereocenters. The third-order valence-electron chi connectivity index (χ3n) is 1.80. The second-order valence-electron chi connectivity index (χ2n) is 2.79. The van der Waals surface area contributed by atoms with Gasteiger partial charge in [0.15, 0.2) is 0 Å². The van der Waals surface area contributed by atoms with E-state index in [0.717, 1.165) is 12.2 Å². The first-order valence-electron chi connectivity index (χ1n) is 3.62. The van der Waals surface area contributed by atoms with Crippen LogP contribution in [-0.4, -0.2) is 6.10 Å². The van der Waals surface area contributed by atoms with Crippen molar-refractivity contribution in [1.82, 2.24) is 0 Å². The zero-order valence-electron chi connectivity index (χ0n) is 6.23. The van der Waals surface area contributed by atoms with Crippen LogP contribution in [0.15, 0.2) is 12.1 Å². The van der Waals surface area contributed by atoms with Gasteiger partial charge in [-0.15, -0.1) is 0 Å². The summed E-state index contributed by atoms with van der Waals surface area (Å²) in [6.45, 7) is 2.04. The lowest BCUT2D eigenvalue weighted by Gasteiger charge is -2.02. The Morgan fingerprint density at radius 3 is 3.18 bits per heavy atom. The summed E-state index contributed by atoms with van der Waals surface area (Å²) < 4.78 is 5.49. The lowest BCUT2D eigenvalue weighted by atomic mass is 10.1. The summed E-state index contributed by atoms with van der Waals surface area (Å²) in [7, 11) is 0. The second kappa shape index (κ2) is 2.42. The van der Waals surface area contributed by atoms with Crippen molar-refractivity contribution in [3.63, 3.8) is 0 Å². The highest BCUT2D eigenvalue weighted by Crippen LogP contribution is 2.34. The van der Waals surface area contributed by atoms with E-state index in [0.29, 0.717) is 5.02 Å². The van der Waals surface area contributed by atoms with E-state index in [-0.39, 0.29) is 6.10 Å². The minimum atomic E-state index is 0.262. The fraction of sp³-hybridized carbons (Fsp3) is 0.333. The van der Waals surface area contributed by atoms with Crippen LogP contribution in [0.1, 0.15) is 12.5 Å². The predicted molar refractivity (Wildman–Crippen MR) is 44.1 cm³/mol. The Bertz CT molecular complexity index is 283. The van der Waals surface area contributed by atoms with Crippen LogP contribution in [0, 0.1) is 6.07 Å². The van der Waals surface area contributed by atoms with Gasteiger partial charge in [-0.1, -0.05) is 11.6 Å². The maximum absolute atomic E-state index is 5.88. The predicted octanol–water partition coefficient (Wildman–Crippen LogP) is 2.46. The van der Waals surface area contributed by atoms with Crippen molar-refractivity contribution in [2.45, 2.75) is 19.4 Å². The van der Waals surface area contributed by atoms with Gasteiger partial charge < -0.3 is 4.74 Å². The maximum atomic E-state index is 5.88. The molecule has 2 rings (SSSR count). The molecule has 1 aliphatic heterocycles. The fourth-order valence-corrected chi connectivity index (χ4v) is 1.56. The Morgan fingerprint density at radius 1 is 1.64 bits per heavy atom. The molecule has 0 aliphatic carbocycles. The molecule has 0 bridgehead atoms. The molecule has 0 saturated carbocycles. The third kappa shape index (κ3) is 1.10. The van der Waals surface area contributed by atoms with E-state index in [1.165, 1.54) is 5.56 Å². The van der Waals surface area contributed by atoms with Gasteiger partial charge in [-0.25, -0.2) is 0 Å². The van der Waals surface area contributed by atoms with E-state index in [1.54, 1.807) is 6.07 Å². The first kappa shape index (κ1) is 6.99. The molecule has 11 heavy (non-hydrogen) atoms. The summed E-state index contributed by atoms with van der Waals surface area (Å²) >= 11 is 5.88. The number of benzene rings is 1. The molecule has 0 N–H and O–H groups in total. The van der Waals surface area contributed by atoms with Gasteiger partial charge >= 0.3 is 0 Å². The molecule has 1 aromatic carbocycles. The second-order valence-corrected chi connectivity index (χ2v) is 3.20. The Kier molecular flexibility index (Phi) is 1.53. The largest absolute Gasteiger partial charge is 0.489 e. The minimum Gasteiger partial charge on any atom is -0.489 e. The van der Waals surface area contributed by atoms with Gasteiger partial charge in [-0.05, 0) is 30.7 Å². The average Bonchev–Trinajstić information content (AvgIpc) is 2.31. The molecule has 0 fully saturated rings. The molecule has 0 aromatic heterocycles. The highest BCUT2D eigenvalue weighted by atomic mass is 35.5. The molecular weight excluding hydrogens is 160 g/mol. The Morgan fingerprint density at radius 2 is 2.45 bits per heavy atom. The molecular formula is C9H8ClO. The van der Waals surface area contributed by atoms with Gasteiger partial charge in [0.2, 0.25) is 0 Å². The summed E-state index contributed by atoms with van der Waals surface area (Å²) in [4.78, 5) is 0. The third-order valence-corrected chi connectivity index (χ3v) is 2.08. The van der Waals surface area contributed by atoms with Crippen LogP contribution in [0.2, 0.25) is 5.02 Å². The Labute approximate surface area is 70.9 Å². The molecule has 1 aliphatic rings. The number of fused-ring (bicyclic) bond motifs is 1. The zero-order valence-corrected chi connectivity index (χ0v) is 6.98. The number of hydrogen-bond acceptors (Lipinski definition) is 1. The van der Waals surface area contributed by atoms with E-state index >= 15 is 0 Å². The Balaban J connectivity index is 2.49. The summed E-state index contributed by atoms with van der Waals surface area (Å²) in [6.07, 6.45) is 1.21. The molecule has 0 spiro atoms.